The molecule has 0 saturated heterocycles. The summed E-state index contributed by atoms with van der Waals surface area (Å²) >= 11 is 2.59. The van der Waals surface area contributed by atoms with E-state index in [0.29, 0.717) is 0 Å². The summed E-state index contributed by atoms with van der Waals surface area (Å²) in [5, 5.41) is 17.4. The number of rotatable bonds is 2. The van der Waals surface area contributed by atoms with Crippen molar-refractivity contribution in [2.24, 2.45) is 0 Å². The van der Waals surface area contributed by atoms with E-state index in [4.69, 9.17) is 10.2 Å². The Kier molecular flexibility index (Phi) is 3.17. The normalized spacial score (nSPS) is 12.6. The molecule has 3 nitrogen and oxygen atoms in total. The quantitative estimate of drug-likeness (QED) is 0.804. The Morgan fingerprint density at radius 2 is 2.00 bits per heavy atom. The van der Waals surface area contributed by atoms with Crippen molar-refractivity contribution in [1.29, 1.82) is 0 Å². The Bertz CT molecular complexity index is 381. The molecule has 0 saturated carbocycles. The van der Waals surface area contributed by atoms with Crippen molar-refractivity contribution < 1.29 is 23.8 Å². The molecule has 0 aliphatic carbocycles. The first-order valence-electron chi connectivity index (χ1n) is 3.49. The predicted molar refractivity (Wildman–Crippen MR) is 46.7 cm³/mol. The molecule has 0 aromatic heterocycles. The smallest absolute Gasteiger partial charge is 0.337 e. The van der Waals surface area contributed by atoms with Gasteiger partial charge in [-0.1, -0.05) is 0 Å². The first kappa shape index (κ1) is 11.1. The van der Waals surface area contributed by atoms with Crippen molar-refractivity contribution in [3.05, 3.63) is 33.8 Å². The van der Waals surface area contributed by atoms with E-state index < -0.39 is 33.7 Å². The Morgan fingerprint density at radius 1 is 1.43 bits per heavy atom. The number of carbonyl (C=O) groups is 1. The second kappa shape index (κ2) is 4.02. The Hall–Kier alpha value is -1.01. The van der Waals surface area contributed by atoms with Crippen molar-refractivity contribution in [1.82, 2.24) is 0 Å². The van der Waals surface area contributed by atoms with Crippen LogP contribution in [0, 0.1) is 11.6 Å². The molecule has 6 heteroatoms. The molecular formula is C8H5BrF2O3. The molecule has 1 aromatic rings. The number of aliphatic hydroxyl groups is 1. The monoisotopic (exact) mass is 266 g/mol. The predicted octanol–water partition coefficient (Wildman–Crippen LogP) is 1.85. The summed E-state index contributed by atoms with van der Waals surface area (Å²) in [6.45, 7) is 0. The number of hydrogen-bond donors (Lipinski definition) is 2. The molecule has 0 aliphatic rings. The van der Waals surface area contributed by atoms with Crippen molar-refractivity contribution >= 4 is 21.9 Å². The zero-order valence-electron chi connectivity index (χ0n) is 6.67. The second-order valence-electron chi connectivity index (χ2n) is 2.51. The van der Waals surface area contributed by atoms with Gasteiger partial charge in [0.1, 0.15) is 11.6 Å². The summed E-state index contributed by atoms with van der Waals surface area (Å²) in [5.74, 6) is -3.56. The van der Waals surface area contributed by atoms with Crippen molar-refractivity contribution in [3.63, 3.8) is 0 Å². The first-order chi connectivity index (χ1) is 6.45. The molecule has 0 radical (unpaired) electrons. The van der Waals surface area contributed by atoms with E-state index in [1.54, 1.807) is 0 Å². The molecule has 2 N–H and O–H groups in total. The first-order valence-corrected chi connectivity index (χ1v) is 4.28. The van der Waals surface area contributed by atoms with Crippen LogP contribution in [-0.4, -0.2) is 16.2 Å². The number of carboxylic acids is 1. The third-order valence-electron chi connectivity index (χ3n) is 1.59. The van der Waals surface area contributed by atoms with Gasteiger partial charge in [-0.3, -0.25) is 0 Å². The highest BCUT2D eigenvalue weighted by molar-refractivity contribution is 9.10. The van der Waals surface area contributed by atoms with Crippen LogP contribution in [0.25, 0.3) is 0 Å². The molecule has 0 aliphatic heterocycles. The van der Waals surface area contributed by atoms with E-state index in [1.165, 1.54) is 0 Å². The third-order valence-corrected chi connectivity index (χ3v) is 2.32. The second-order valence-corrected chi connectivity index (χ2v) is 3.30. The molecule has 0 fully saturated rings. The van der Waals surface area contributed by atoms with Gasteiger partial charge in [-0.2, -0.15) is 0 Å². The molecule has 1 rings (SSSR count). The molecule has 76 valence electrons. The van der Waals surface area contributed by atoms with E-state index in [9.17, 15) is 13.6 Å². The minimum Gasteiger partial charge on any atom is -0.479 e. The van der Waals surface area contributed by atoms with E-state index in [-0.39, 0.29) is 0 Å². The van der Waals surface area contributed by atoms with Gasteiger partial charge in [0.15, 0.2) is 6.10 Å². The molecule has 0 spiro atoms. The van der Waals surface area contributed by atoms with Crippen LogP contribution >= 0.6 is 15.9 Å². The number of aliphatic hydroxyl groups excluding tert-OH is 1. The van der Waals surface area contributed by atoms with E-state index >= 15 is 0 Å². The highest BCUT2D eigenvalue weighted by Gasteiger charge is 2.22. The van der Waals surface area contributed by atoms with Gasteiger partial charge in [-0.15, -0.1) is 0 Å². The molecule has 0 bridgehead atoms. The highest BCUT2D eigenvalue weighted by atomic mass is 79.9. The van der Waals surface area contributed by atoms with Crippen LogP contribution in [0.5, 0.6) is 0 Å². The third kappa shape index (κ3) is 1.91. The number of benzene rings is 1. The Morgan fingerprint density at radius 3 is 2.50 bits per heavy atom. The zero-order chi connectivity index (χ0) is 10.9. The topological polar surface area (TPSA) is 57.5 Å². The Balaban J connectivity index is 3.24. The SMILES string of the molecule is O=C(O)C(O)c1ccc(F)c(Br)c1F. The maximum atomic E-state index is 13.2. The standard InChI is InChI=1S/C8H5BrF2O3/c9-5-4(10)2-1-3(6(5)11)7(12)8(13)14/h1-2,7,12H,(H,13,14). The van der Waals surface area contributed by atoms with Crippen LogP contribution in [0.4, 0.5) is 8.78 Å². The van der Waals surface area contributed by atoms with E-state index in [0.717, 1.165) is 12.1 Å². The fourth-order valence-corrected chi connectivity index (χ4v) is 1.25. The number of aliphatic carboxylic acids is 1. The van der Waals surface area contributed by atoms with Crippen LogP contribution < -0.4 is 0 Å². The summed E-state index contributed by atoms with van der Waals surface area (Å²) < 4.78 is 25.4. The molecular weight excluding hydrogens is 262 g/mol. The maximum Gasteiger partial charge on any atom is 0.337 e. The molecule has 1 atom stereocenters. The summed E-state index contributed by atoms with van der Waals surface area (Å²) in [6.07, 6.45) is -1.99. The van der Waals surface area contributed by atoms with Crippen LogP contribution in [0.15, 0.2) is 16.6 Å². The fourth-order valence-electron chi connectivity index (χ4n) is 0.885. The van der Waals surface area contributed by atoms with Gasteiger partial charge >= 0.3 is 5.97 Å². The summed E-state index contributed by atoms with van der Waals surface area (Å²) in [4.78, 5) is 10.3. The number of halogens is 3. The van der Waals surface area contributed by atoms with Crippen LogP contribution in [0.2, 0.25) is 0 Å². The fraction of sp³-hybridized carbons (Fsp3) is 0.125. The average molecular weight is 267 g/mol. The largest absolute Gasteiger partial charge is 0.479 e. The minimum atomic E-state index is -1.99. The van der Waals surface area contributed by atoms with Crippen LogP contribution in [0.1, 0.15) is 11.7 Å². The van der Waals surface area contributed by atoms with Gasteiger partial charge in [0, 0.05) is 5.56 Å². The van der Waals surface area contributed by atoms with Crippen molar-refractivity contribution in [2.75, 3.05) is 0 Å². The average Bonchev–Trinajstić information content (AvgIpc) is 2.13. The molecule has 1 aromatic carbocycles. The molecule has 14 heavy (non-hydrogen) atoms. The number of carboxylic acid groups (broad SMARTS) is 1. The van der Waals surface area contributed by atoms with Crippen LogP contribution in [-0.2, 0) is 4.79 Å². The van der Waals surface area contributed by atoms with Crippen molar-refractivity contribution in [2.45, 2.75) is 6.10 Å². The lowest BCUT2D eigenvalue weighted by atomic mass is 10.1. The zero-order valence-corrected chi connectivity index (χ0v) is 8.25. The minimum absolute atomic E-state index is 0.481. The lowest BCUT2D eigenvalue weighted by Gasteiger charge is -2.08. The van der Waals surface area contributed by atoms with E-state index in [1.807, 2.05) is 0 Å². The molecule has 1 unspecified atom stereocenters. The lowest BCUT2D eigenvalue weighted by molar-refractivity contribution is -0.147. The maximum absolute atomic E-state index is 13.2. The van der Waals surface area contributed by atoms with Crippen molar-refractivity contribution in [3.8, 4) is 0 Å². The van der Waals surface area contributed by atoms with Gasteiger partial charge in [0.05, 0.1) is 4.47 Å². The molecule has 0 heterocycles. The summed E-state index contributed by atoms with van der Waals surface area (Å²) in [5.41, 5.74) is -0.481. The van der Waals surface area contributed by atoms with Crippen LogP contribution in [0.3, 0.4) is 0 Å². The number of hydrogen-bond acceptors (Lipinski definition) is 2. The van der Waals surface area contributed by atoms with Gasteiger partial charge in [0.2, 0.25) is 0 Å². The van der Waals surface area contributed by atoms with Gasteiger partial charge in [-0.25, -0.2) is 13.6 Å². The summed E-state index contributed by atoms with van der Waals surface area (Å²) in [7, 11) is 0. The van der Waals surface area contributed by atoms with Gasteiger partial charge < -0.3 is 10.2 Å². The van der Waals surface area contributed by atoms with E-state index in [2.05, 4.69) is 15.9 Å². The summed E-state index contributed by atoms with van der Waals surface area (Å²) in [6, 6.07) is 1.75. The Labute approximate surface area is 86.1 Å². The van der Waals surface area contributed by atoms with Gasteiger partial charge in [-0.05, 0) is 28.1 Å². The highest BCUT2D eigenvalue weighted by Crippen LogP contribution is 2.26. The lowest BCUT2D eigenvalue weighted by Crippen LogP contribution is -2.12. The molecule has 0 amide bonds. The van der Waals surface area contributed by atoms with Gasteiger partial charge in [0.25, 0.3) is 0 Å².